The van der Waals surface area contributed by atoms with Gasteiger partial charge in [0.05, 0.1) is 0 Å². The number of hydrogen-bond donors (Lipinski definition) is 2. The molecule has 0 spiro atoms. The van der Waals surface area contributed by atoms with Crippen LogP contribution in [-0.4, -0.2) is 6.03 Å². The number of benzene rings is 2. The number of aryl methyl sites for hydroxylation is 1. The number of amides is 2. The van der Waals surface area contributed by atoms with Crippen molar-refractivity contribution < 1.29 is 4.79 Å². The second-order valence-electron chi connectivity index (χ2n) is 4.05. The van der Waals surface area contributed by atoms with E-state index in [0.29, 0.717) is 21.4 Å². The third kappa shape index (κ3) is 3.88. The minimum absolute atomic E-state index is 0.345. The van der Waals surface area contributed by atoms with Gasteiger partial charge in [-0.3, -0.25) is 0 Å². The van der Waals surface area contributed by atoms with E-state index in [1.54, 1.807) is 36.4 Å². The molecule has 0 heterocycles. The monoisotopic (exact) mass is 294 g/mol. The fourth-order valence-electron chi connectivity index (χ4n) is 1.53. The second kappa shape index (κ2) is 5.95. The van der Waals surface area contributed by atoms with Gasteiger partial charge in [0.1, 0.15) is 0 Å². The molecule has 0 aromatic heterocycles. The number of rotatable bonds is 2. The summed E-state index contributed by atoms with van der Waals surface area (Å²) in [5.74, 6) is 0. The van der Waals surface area contributed by atoms with Crippen LogP contribution < -0.4 is 10.6 Å². The van der Waals surface area contributed by atoms with E-state index in [1.807, 2.05) is 13.0 Å². The lowest BCUT2D eigenvalue weighted by atomic mass is 10.2. The van der Waals surface area contributed by atoms with Crippen LogP contribution in [-0.2, 0) is 0 Å². The highest BCUT2D eigenvalue weighted by Gasteiger charge is 2.04. The predicted molar refractivity (Wildman–Crippen MR) is 80.3 cm³/mol. The maximum atomic E-state index is 11.8. The van der Waals surface area contributed by atoms with Crippen LogP contribution in [0, 0.1) is 6.92 Å². The van der Waals surface area contributed by atoms with Crippen LogP contribution in [0.15, 0.2) is 42.5 Å². The van der Waals surface area contributed by atoms with Crippen LogP contribution in [0.25, 0.3) is 0 Å². The minimum atomic E-state index is -0.345. The zero-order chi connectivity index (χ0) is 13.8. The van der Waals surface area contributed by atoms with Crippen molar-refractivity contribution in [1.82, 2.24) is 0 Å². The fourth-order valence-corrected chi connectivity index (χ4v) is 1.90. The average molecular weight is 295 g/mol. The van der Waals surface area contributed by atoms with Gasteiger partial charge in [0, 0.05) is 21.4 Å². The molecule has 2 amide bonds. The van der Waals surface area contributed by atoms with E-state index < -0.39 is 0 Å². The van der Waals surface area contributed by atoms with Crippen LogP contribution in [0.2, 0.25) is 10.0 Å². The smallest absolute Gasteiger partial charge is 0.308 e. The summed E-state index contributed by atoms with van der Waals surface area (Å²) >= 11 is 11.8. The molecule has 3 nitrogen and oxygen atoms in total. The third-order valence-corrected chi connectivity index (χ3v) is 3.15. The lowest BCUT2D eigenvalue weighted by molar-refractivity contribution is 0.262. The molecule has 2 rings (SSSR count). The Hall–Kier alpha value is -1.71. The molecule has 5 heteroatoms. The SMILES string of the molecule is Cc1ccc(NC(=O)Nc2cccc(Cl)c2)cc1Cl. The molecular formula is C14H12Cl2N2O. The van der Waals surface area contributed by atoms with Gasteiger partial charge in [0.25, 0.3) is 0 Å². The van der Waals surface area contributed by atoms with Gasteiger partial charge < -0.3 is 10.6 Å². The number of carbonyl (C=O) groups is 1. The molecule has 2 aromatic rings. The summed E-state index contributed by atoms with van der Waals surface area (Å²) in [7, 11) is 0. The number of halogens is 2. The molecule has 98 valence electrons. The highest BCUT2D eigenvalue weighted by atomic mass is 35.5. The van der Waals surface area contributed by atoms with Crippen molar-refractivity contribution in [2.45, 2.75) is 6.92 Å². The van der Waals surface area contributed by atoms with E-state index in [1.165, 1.54) is 0 Å². The first-order chi connectivity index (χ1) is 9.04. The van der Waals surface area contributed by atoms with Crippen LogP contribution in [0.3, 0.4) is 0 Å². The highest BCUT2D eigenvalue weighted by molar-refractivity contribution is 6.31. The third-order valence-electron chi connectivity index (χ3n) is 2.51. The van der Waals surface area contributed by atoms with Crippen LogP contribution in [0.5, 0.6) is 0 Å². The average Bonchev–Trinajstić information content (AvgIpc) is 2.34. The molecule has 0 radical (unpaired) electrons. The van der Waals surface area contributed by atoms with E-state index in [4.69, 9.17) is 23.2 Å². The molecule has 0 bridgehead atoms. The van der Waals surface area contributed by atoms with E-state index >= 15 is 0 Å². The molecule has 0 aliphatic rings. The van der Waals surface area contributed by atoms with E-state index in [2.05, 4.69) is 10.6 Å². The molecule has 0 aliphatic carbocycles. The van der Waals surface area contributed by atoms with Gasteiger partial charge in [0.2, 0.25) is 0 Å². The summed E-state index contributed by atoms with van der Waals surface area (Å²) in [5, 5.41) is 6.57. The van der Waals surface area contributed by atoms with Crippen molar-refractivity contribution >= 4 is 40.6 Å². The highest BCUT2D eigenvalue weighted by Crippen LogP contribution is 2.20. The molecule has 0 atom stereocenters. The minimum Gasteiger partial charge on any atom is -0.308 e. The second-order valence-corrected chi connectivity index (χ2v) is 4.90. The zero-order valence-corrected chi connectivity index (χ0v) is 11.7. The number of anilines is 2. The number of hydrogen-bond acceptors (Lipinski definition) is 1. The first-order valence-corrected chi connectivity index (χ1v) is 6.40. The number of carbonyl (C=O) groups excluding carboxylic acids is 1. The Morgan fingerprint density at radius 1 is 1.00 bits per heavy atom. The van der Waals surface area contributed by atoms with Crippen molar-refractivity contribution in [1.29, 1.82) is 0 Å². The van der Waals surface area contributed by atoms with Crippen molar-refractivity contribution in [3.63, 3.8) is 0 Å². The molecule has 0 saturated heterocycles. The molecule has 2 N–H and O–H groups in total. The number of urea groups is 1. The Morgan fingerprint density at radius 2 is 1.68 bits per heavy atom. The Bertz CT molecular complexity index is 614. The lowest BCUT2D eigenvalue weighted by Crippen LogP contribution is -2.19. The Balaban J connectivity index is 2.03. The summed E-state index contributed by atoms with van der Waals surface area (Å²) < 4.78 is 0. The molecule has 19 heavy (non-hydrogen) atoms. The van der Waals surface area contributed by atoms with Crippen LogP contribution >= 0.6 is 23.2 Å². The molecular weight excluding hydrogens is 283 g/mol. The summed E-state index contributed by atoms with van der Waals surface area (Å²) in [6.07, 6.45) is 0. The molecule has 0 fully saturated rings. The van der Waals surface area contributed by atoms with Gasteiger partial charge in [-0.2, -0.15) is 0 Å². The Labute approximate surface area is 121 Å². The first-order valence-electron chi connectivity index (χ1n) is 5.64. The van der Waals surface area contributed by atoms with Gasteiger partial charge >= 0.3 is 6.03 Å². The Kier molecular flexibility index (Phi) is 4.30. The van der Waals surface area contributed by atoms with Gasteiger partial charge in [0.15, 0.2) is 0 Å². The van der Waals surface area contributed by atoms with Crippen LogP contribution in [0.4, 0.5) is 16.2 Å². The summed E-state index contributed by atoms with van der Waals surface area (Å²) in [6, 6.07) is 11.9. The van der Waals surface area contributed by atoms with Gasteiger partial charge in [-0.05, 0) is 42.8 Å². The van der Waals surface area contributed by atoms with Crippen LogP contribution in [0.1, 0.15) is 5.56 Å². The van der Waals surface area contributed by atoms with Gasteiger partial charge in [-0.1, -0.05) is 35.3 Å². The zero-order valence-electron chi connectivity index (χ0n) is 10.2. The summed E-state index contributed by atoms with van der Waals surface area (Å²) in [4.78, 5) is 11.8. The molecule has 0 aliphatic heterocycles. The van der Waals surface area contributed by atoms with Crippen molar-refractivity contribution in [2.75, 3.05) is 10.6 Å². The maximum absolute atomic E-state index is 11.8. The predicted octanol–water partition coefficient (Wildman–Crippen LogP) is 4.95. The van der Waals surface area contributed by atoms with Crippen molar-refractivity contribution in [3.05, 3.63) is 58.1 Å². The van der Waals surface area contributed by atoms with Crippen molar-refractivity contribution in [2.24, 2.45) is 0 Å². The summed E-state index contributed by atoms with van der Waals surface area (Å²) in [5.41, 5.74) is 2.22. The van der Waals surface area contributed by atoms with E-state index in [9.17, 15) is 4.79 Å². The molecule has 0 saturated carbocycles. The van der Waals surface area contributed by atoms with Gasteiger partial charge in [-0.15, -0.1) is 0 Å². The topological polar surface area (TPSA) is 41.1 Å². The van der Waals surface area contributed by atoms with E-state index in [0.717, 1.165) is 5.56 Å². The fraction of sp³-hybridized carbons (Fsp3) is 0.0714. The lowest BCUT2D eigenvalue weighted by Gasteiger charge is -2.08. The first kappa shape index (κ1) is 13.7. The normalized spacial score (nSPS) is 10.1. The Morgan fingerprint density at radius 3 is 2.32 bits per heavy atom. The maximum Gasteiger partial charge on any atom is 0.323 e. The number of nitrogens with one attached hydrogen (secondary N) is 2. The summed E-state index contributed by atoms with van der Waals surface area (Å²) in [6.45, 7) is 1.90. The molecule has 0 unspecified atom stereocenters. The van der Waals surface area contributed by atoms with Crippen molar-refractivity contribution in [3.8, 4) is 0 Å². The molecule has 2 aromatic carbocycles. The quantitative estimate of drug-likeness (QED) is 0.809. The standard InChI is InChI=1S/C14H12Cl2N2O/c1-9-5-6-12(8-13(9)16)18-14(19)17-11-4-2-3-10(15)7-11/h2-8H,1H3,(H2,17,18,19). The van der Waals surface area contributed by atoms with Gasteiger partial charge in [-0.25, -0.2) is 4.79 Å². The largest absolute Gasteiger partial charge is 0.323 e. The van der Waals surface area contributed by atoms with E-state index in [-0.39, 0.29) is 6.03 Å².